The Hall–Kier alpha value is -6.84. The minimum absolute atomic E-state index is 0. The molecule has 0 unspecified atom stereocenters. The molecule has 0 aliphatic rings. The van der Waals surface area contributed by atoms with E-state index in [1.54, 1.807) is 24.3 Å². The first-order chi connectivity index (χ1) is 38.8. The second-order valence-electron chi connectivity index (χ2n) is 15.8. The van der Waals surface area contributed by atoms with E-state index in [0.717, 1.165) is 0 Å². The van der Waals surface area contributed by atoms with Crippen LogP contribution >= 0.6 is 37.9 Å². The van der Waals surface area contributed by atoms with E-state index in [9.17, 15) is 54.0 Å². The number of ether oxygens (including phenoxy) is 2. The minimum Gasteiger partial charge on any atom is -0.507 e. The number of hydrogen-bond acceptors (Lipinski definition) is 26. The van der Waals surface area contributed by atoms with Crippen LogP contribution in [0.1, 0.15) is 90.4 Å². The number of alkyl carbamates (subject to hydrolysis) is 2. The van der Waals surface area contributed by atoms with Gasteiger partial charge in [0.05, 0.1) is 19.8 Å². The lowest BCUT2D eigenvalue weighted by atomic mass is 10.2. The van der Waals surface area contributed by atoms with Gasteiger partial charge in [-0.15, -0.1) is 0 Å². The molecule has 2 amide bonds. The fraction of sp³-hybridized carbons (Fsp3) is 0.388. The van der Waals surface area contributed by atoms with Crippen molar-refractivity contribution in [2.75, 3.05) is 65.3 Å². The summed E-state index contributed by atoms with van der Waals surface area (Å²) in [5.74, 6) is -5.12. The number of thiol groups is 3. The number of benzene rings is 4. The fourth-order valence-corrected chi connectivity index (χ4v) is 6.43. The molecule has 13 N–H and O–H groups in total. The Balaban J connectivity index is -0.000000216. The molecule has 30 nitrogen and oxygen atoms in total. The maximum atomic E-state index is 11.3. The second kappa shape index (κ2) is 48.4. The summed E-state index contributed by atoms with van der Waals surface area (Å²) in [4.78, 5) is 63.1. The van der Waals surface area contributed by atoms with Crippen molar-refractivity contribution in [1.29, 1.82) is 0 Å². The van der Waals surface area contributed by atoms with Crippen molar-refractivity contribution in [2.24, 2.45) is 11.5 Å². The molecular weight excluding hydrogens is 1250 g/mol. The number of carboxylic acids is 4. The lowest BCUT2D eigenvalue weighted by Gasteiger charge is -2.18. The first-order valence-corrected chi connectivity index (χ1v) is 29.0. The zero-order chi connectivity index (χ0) is 66.5. The van der Waals surface area contributed by atoms with Gasteiger partial charge in [-0.2, -0.15) is 63.1 Å². The molecular formula is C49H78N4O26S6. The Morgan fingerprint density at radius 2 is 0.694 bits per heavy atom. The number of amides is 2. The van der Waals surface area contributed by atoms with Crippen molar-refractivity contribution < 1.29 is 120 Å². The number of carboxylic acid groups (broad SMARTS) is 4. The molecule has 0 aliphatic carbocycles. The molecule has 0 bridgehead atoms. The van der Waals surface area contributed by atoms with Crippen LogP contribution in [0.25, 0.3) is 0 Å². The maximum Gasteiger partial charge on any atom is 0.449 e. The van der Waals surface area contributed by atoms with Gasteiger partial charge in [0.1, 0.15) is 45.0 Å². The predicted octanol–water partition coefficient (Wildman–Crippen LogP) is 5.89. The highest BCUT2D eigenvalue weighted by Crippen LogP contribution is 2.22. The van der Waals surface area contributed by atoms with Crippen LogP contribution in [0.3, 0.4) is 0 Å². The summed E-state index contributed by atoms with van der Waals surface area (Å²) >= 11 is 11.2. The number of aromatic carboxylic acids is 4. The molecule has 0 atom stereocenters. The van der Waals surface area contributed by atoms with Crippen LogP contribution in [0, 0.1) is 0 Å². The van der Waals surface area contributed by atoms with Crippen molar-refractivity contribution in [3.05, 3.63) is 119 Å². The maximum absolute atomic E-state index is 11.3. The van der Waals surface area contributed by atoms with Crippen LogP contribution in [0.2, 0.25) is 0 Å². The van der Waals surface area contributed by atoms with Gasteiger partial charge in [0.2, 0.25) is 0 Å². The van der Waals surface area contributed by atoms with E-state index in [1.807, 2.05) is 41.5 Å². The molecule has 0 spiro atoms. The Labute approximate surface area is 511 Å². The van der Waals surface area contributed by atoms with Crippen LogP contribution in [-0.2, 0) is 53.2 Å². The van der Waals surface area contributed by atoms with Crippen LogP contribution in [0.5, 0.6) is 23.0 Å². The molecule has 4 aromatic rings. The zero-order valence-corrected chi connectivity index (χ0v) is 52.2. The third-order valence-electron chi connectivity index (χ3n) is 7.06. The van der Waals surface area contributed by atoms with Crippen molar-refractivity contribution in [3.63, 3.8) is 0 Å². The average molecular weight is 1330 g/mol. The molecule has 486 valence electrons. The predicted molar refractivity (Wildman–Crippen MR) is 325 cm³/mol. The number of para-hydroxylation sites is 4. The van der Waals surface area contributed by atoms with Gasteiger partial charge in [-0.25, -0.2) is 41.3 Å². The highest BCUT2D eigenvalue weighted by atomic mass is 32.3. The van der Waals surface area contributed by atoms with E-state index >= 15 is 0 Å². The van der Waals surface area contributed by atoms with Crippen LogP contribution in [0.4, 0.5) is 9.59 Å². The summed E-state index contributed by atoms with van der Waals surface area (Å²) < 4.78 is 104. The highest BCUT2D eigenvalue weighted by Gasteiger charge is 2.21. The van der Waals surface area contributed by atoms with Gasteiger partial charge >= 0.3 is 67.3 Å². The third-order valence-corrected chi connectivity index (χ3v) is 9.75. The van der Waals surface area contributed by atoms with E-state index in [1.165, 1.54) is 101 Å². The van der Waals surface area contributed by atoms with Gasteiger partial charge in [0.15, 0.2) is 11.5 Å². The standard InChI is InChI=1S/2C9H10O6S2.2C7H6O3.2C6H13NO2.C2H6O4S2.2CH5N.CH4/c2*10-9(11)7-3-1-2-4-8(7)15-17(12,13)14-5-6-16;2*8-6-4-2-1-3-5(6)7(9)10;2*1-6(2,3)9-5(8)7-4;3-8(4,5)6-1-2-7;2*1-2;/h2*1-4,16H,5-6H2,(H,10,11);2*1-4,8H,(H,9,10);2*1-4H3,(H,7,8);7H,1-2H2,(H,3,4,5);2*2H2,1H3;1H4. The molecule has 0 saturated carbocycles. The molecule has 0 aliphatic heterocycles. The molecule has 0 heterocycles. The van der Waals surface area contributed by atoms with E-state index in [2.05, 4.69) is 80.9 Å². The monoisotopic (exact) mass is 1330 g/mol. The van der Waals surface area contributed by atoms with Gasteiger partial charge in [0.25, 0.3) is 0 Å². The summed E-state index contributed by atoms with van der Waals surface area (Å²) in [6, 6.07) is 22.4. The minimum atomic E-state index is -4.27. The number of aromatic hydroxyl groups is 2. The van der Waals surface area contributed by atoms with Crippen LogP contribution in [0.15, 0.2) is 97.1 Å². The molecule has 0 radical (unpaired) electrons. The van der Waals surface area contributed by atoms with E-state index < -0.39 is 55.1 Å². The third kappa shape index (κ3) is 51.3. The van der Waals surface area contributed by atoms with Gasteiger partial charge in [0, 0.05) is 31.4 Å². The summed E-state index contributed by atoms with van der Waals surface area (Å²) in [6.07, 6.45) is -0.773. The van der Waals surface area contributed by atoms with Crippen LogP contribution in [-0.4, -0.2) is 173 Å². The molecule has 4 rings (SSSR count). The van der Waals surface area contributed by atoms with Crippen LogP contribution < -0.4 is 30.5 Å². The number of phenols is 2. The summed E-state index contributed by atoms with van der Waals surface area (Å²) in [6.45, 7) is 10.5. The molecule has 85 heavy (non-hydrogen) atoms. The topological polar surface area (TPSA) is 487 Å². The van der Waals surface area contributed by atoms with Gasteiger partial charge < -0.3 is 70.6 Å². The first kappa shape index (κ1) is 89.4. The lowest BCUT2D eigenvalue weighted by Crippen LogP contribution is -2.30. The number of nitrogens with two attached hydrogens (primary N) is 2. The number of nitrogens with one attached hydrogen (secondary N) is 2. The Morgan fingerprint density at radius 3 is 0.871 bits per heavy atom. The Kier molecular flexibility index (Phi) is 50.9. The quantitative estimate of drug-likeness (QED) is 0.0432. The zero-order valence-electron chi connectivity index (χ0n) is 47.1. The van der Waals surface area contributed by atoms with Crippen molar-refractivity contribution >= 4 is 105 Å². The molecule has 0 aromatic heterocycles. The fourth-order valence-electron chi connectivity index (χ4n) is 4.09. The lowest BCUT2D eigenvalue weighted by molar-refractivity contribution is 0.0530. The summed E-state index contributed by atoms with van der Waals surface area (Å²) in [5.41, 5.74) is 7.57. The number of rotatable bonds is 17. The second-order valence-corrected chi connectivity index (χ2v) is 20.7. The molecule has 36 heteroatoms. The number of hydrogen-bond donors (Lipinski definition) is 14. The average Bonchev–Trinajstić information content (AvgIpc) is 3.63. The van der Waals surface area contributed by atoms with Gasteiger partial charge in [-0.3, -0.25) is 4.55 Å². The van der Waals surface area contributed by atoms with E-state index in [-0.39, 0.29) is 113 Å². The molecule has 0 fully saturated rings. The number of carbonyl (C=O) groups is 6. The van der Waals surface area contributed by atoms with Crippen molar-refractivity contribution in [1.82, 2.24) is 10.6 Å². The normalized spacial score (nSPS) is 10.1. The van der Waals surface area contributed by atoms with Crippen molar-refractivity contribution in [3.8, 4) is 23.0 Å². The summed E-state index contributed by atoms with van der Waals surface area (Å²) in [5, 5.41) is 57.0. The van der Waals surface area contributed by atoms with Gasteiger partial charge in [-0.1, -0.05) is 56.0 Å². The highest BCUT2D eigenvalue weighted by molar-refractivity contribution is 7.83. The first-order valence-electron chi connectivity index (χ1n) is 23.1. The Morgan fingerprint density at radius 1 is 0.459 bits per heavy atom. The largest absolute Gasteiger partial charge is 0.507 e. The van der Waals surface area contributed by atoms with E-state index in [4.69, 9.17) is 44.7 Å². The Bertz CT molecular complexity index is 2730. The SMILES string of the molecule is C.CN.CN.CNC(=O)OC(C)(C)C.CNC(=O)OC(C)(C)C.O=C(O)c1ccccc1O.O=C(O)c1ccccc1O.O=C(O)c1ccccc1OS(=O)(=O)OCCS.O=C(O)c1ccccc1OS(=O)(=O)OCCS.O=S(=O)(O)OCCS. The van der Waals surface area contributed by atoms with Crippen molar-refractivity contribution in [2.45, 2.75) is 60.2 Å². The smallest absolute Gasteiger partial charge is 0.449 e. The molecule has 4 aromatic carbocycles. The van der Waals surface area contributed by atoms with E-state index in [0.29, 0.717) is 0 Å². The van der Waals surface area contributed by atoms with Gasteiger partial charge in [-0.05, 0) is 104 Å². The number of carbonyl (C=O) groups excluding carboxylic acids is 2. The summed E-state index contributed by atoms with van der Waals surface area (Å²) in [7, 11) is -6.69. The molecule has 0 saturated heterocycles.